The quantitative estimate of drug-likeness (QED) is 0.154. The fourth-order valence-electron chi connectivity index (χ4n) is 8.92. The third kappa shape index (κ3) is 5.25. The van der Waals surface area contributed by atoms with E-state index >= 15 is 0 Å². The highest BCUT2D eigenvalue weighted by atomic mass is 127. The molecule has 1 aliphatic heterocycles. The van der Waals surface area contributed by atoms with E-state index in [1.807, 2.05) is 0 Å². The third-order valence-electron chi connectivity index (χ3n) is 11.5. The summed E-state index contributed by atoms with van der Waals surface area (Å²) in [5.41, 5.74) is 14.0. The molecule has 3 heterocycles. The largest absolute Gasteiger partial charge is 0.309 e. The van der Waals surface area contributed by atoms with Gasteiger partial charge in [0.25, 0.3) is 0 Å². The molecule has 11 aromatic rings. The van der Waals surface area contributed by atoms with Crippen molar-refractivity contribution in [3.63, 3.8) is 0 Å². The van der Waals surface area contributed by atoms with Gasteiger partial charge in [0.15, 0.2) is 0 Å². The topological polar surface area (TPSA) is 22.2 Å². The lowest BCUT2D eigenvalue weighted by Crippen LogP contribution is -2.17. The monoisotopic (exact) mass is 851 g/mol. The Hall–Kier alpha value is -6.89. The summed E-state index contributed by atoms with van der Waals surface area (Å²) in [6, 6.07) is 75.2. The standard InChI is InChI=1S/C54H34IN3/c1-4-16-35(17-5-1)52-53(36-18-6-2-7-19-36)56-54-42(27-15-28-47(54)55-52)39-22-14-25-41(30-39)58-48-29-13-12-26-43(48)45-33-46-44-31-37-20-10-11-21-38(37)32-49(44)57(51(46)34-50(45)58)40-23-8-3-9-24-40/h1-34H. The predicted octanol–water partition coefficient (Wildman–Crippen LogP) is 14.2. The lowest BCUT2D eigenvalue weighted by Gasteiger charge is -2.20. The van der Waals surface area contributed by atoms with Crippen molar-refractivity contribution in [3.05, 3.63) is 221 Å². The van der Waals surface area contributed by atoms with Gasteiger partial charge in [-0.2, -0.15) is 0 Å². The molecule has 0 unspecified atom stereocenters. The van der Waals surface area contributed by atoms with Gasteiger partial charge in [-0.1, -0.05) is 166 Å². The first kappa shape index (κ1) is 33.3. The molecule has 0 bridgehead atoms. The lowest BCUT2D eigenvalue weighted by molar-refractivity contribution is 1.17. The van der Waals surface area contributed by atoms with Crippen molar-refractivity contribution >= 4 is 90.0 Å². The van der Waals surface area contributed by atoms with E-state index in [0.717, 1.165) is 33.9 Å². The van der Waals surface area contributed by atoms with Gasteiger partial charge in [-0.15, -0.1) is 0 Å². The number of nitrogens with zero attached hydrogens (tertiary/aromatic N) is 3. The zero-order chi connectivity index (χ0) is 38.2. The Morgan fingerprint density at radius 2 is 0.931 bits per heavy atom. The predicted molar refractivity (Wildman–Crippen MR) is 254 cm³/mol. The number of aliphatic imine (C=N–C) groups is 1. The molecule has 0 N–H and O–H groups in total. The summed E-state index contributed by atoms with van der Waals surface area (Å²) in [5.74, 6) is 0. The van der Waals surface area contributed by atoms with E-state index in [1.165, 1.54) is 72.6 Å². The first-order valence-electron chi connectivity index (χ1n) is 19.7. The van der Waals surface area contributed by atoms with E-state index in [-0.39, 0.29) is 0 Å². The number of para-hydroxylation sites is 3. The number of hydrogen-bond acceptors (Lipinski definition) is 1. The molecule has 3 nitrogen and oxygen atoms in total. The van der Waals surface area contributed by atoms with Crippen LogP contribution in [0.25, 0.3) is 76.9 Å². The summed E-state index contributed by atoms with van der Waals surface area (Å²) < 4.78 is 7.61. The molecule has 0 spiro atoms. The van der Waals surface area contributed by atoms with E-state index in [9.17, 15) is 0 Å². The molecule has 0 atom stereocenters. The van der Waals surface area contributed by atoms with Crippen LogP contribution in [0.1, 0.15) is 11.1 Å². The van der Waals surface area contributed by atoms with Crippen LogP contribution in [0.4, 0.5) is 5.69 Å². The van der Waals surface area contributed by atoms with Gasteiger partial charge in [-0.25, -0.2) is 4.99 Å². The van der Waals surface area contributed by atoms with Gasteiger partial charge in [-0.3, -0.25) is 0 Å². The van der Waals surface area contributed by atoms with E-state index in [4.69, 9.17) is 4.99 Å². The zero-order valence-electron chi connectivity index (χ0n) is 31.3. The zero-order valence-corrected chi connectivity index (χ0v) is 33.5. The summed E-state index contributed by atoms with van der Waals surface area (Å²) >= 11 is -0.499. The summed E-state index contributed by atoms with van der Waals surface area (Å²) in [6.45, 7) is 0. The van der Waals surface area contributed by atoms with Crippen LogP contribution in [0.5, 0.6) is 0 Å². The van der Waals surface area contributed by atoms with Crippen molar-refractivity contribution in [1.82, 2.24) is 9.13 Å². The second-order valence-electron chi connectivity index (χ2n) is 14.9. The number of halogens is 1. The normalized spacial score (nSPS) is 12.8. The minimum atomic E-state index is -0.499. The Kier molecular flexibility index (Phi) is 7.66. The van der Waals surface area contributed by atoms with Gasteiger partial charge in [0.1, 0.15) is 0 Å². The van der Waals surface area contributed by atoms with E-state index in [1.54, 1.807) is 0 Å². The molecule has 0 saturated carbocycles. The van der Waals surface area contributed by atoms with Crippen LogP contribution in [0.2, 0.25) is 0 Å². The van der Waals surface area contributed by atoms with Gasteiger partial charge in [0.2, 0.25) is 0 Å². The Morgan fingerprint density at radius 1 is 0.362 bits per heavy atom. The molecule has 2 aromatic heterocycles. The molecule has 0 saturated heterocycles. The second kappa shape index (κ2) is 13.4. The summed E-state index contributed by atoms with van der Waals surface area (Å²) in [7, 11) is 0. The maximum atomic E-state index is 5.55. The molecular formula is C54H34IN3. The highest BCUT2D eigenvalue weighted by molar-refractivity contribution is 14.2. The van der Waals surface area contributed by atoms with Crippen molar-refractivity contribution in [2.24, 2.45) is 4.99 Å². The third-order valence-corrected chi connectivity index (χ3v) is 14.7. The SMILES string of the molecule is c1ccc(C2=Nc3c(cccc3-c3cccc(-n4c5ccccc5c5cc6c7cc8ccccc8cc7n(-c7ccccc7)c6cc54)c3)I=C2c2ccccc2)cc1. The number of fused-ring (bicyclic) bond motifs is 8. The van der Waals surface area contributed by atoms with Crippen LogP contribution >= 0.6 is 20.7 Å². The minimum absolute atomic E-state index is 0.499. The smallest absolute Gasteiger partial charge is 0.0845 e. The van der Waals surface area contributed by atoms with Crippen molar-refractivity contribution < 1.29 is 0 Å². The molecular weight excluding hydrogens is 818 g/mol. The molecule has 4 heteroatoms. The molecule has 1 aliphatic rings. The molecule has 9 aromatic carbocycles. The molecule has 272 valence electrons. The van der Waals surface area contributed by atoms with E-state index in [2.05, 4.69) is 215 Å². The van der Waals surface area contributed by atoms with Crippen LogP contribution in [0.3, 0.4) is 0 Å². The fraction of sp³-hybridized carbons (Fsp3) is 0. The minimum Gasteiger partial charge on any atom is -0.309 e. The average molecular weight is 852 g/mol. The Labute approximate surface area is 345 Å². The van der Waals surface area contributed by atoms with Crippen LogP contribution in [-0.4, -0.2) is 18.4 Å². The van der Waals surface area contributed by atoms with E-state index < -0.39 is 20.7 Å². The van der Waals surface area contributed by atoms with Crippen molar-refractivity contribution in [2.45, 2.75) is 0 Å². The number of hydrogen-bond donors (Lipinski definition) is 0. The van der Waals surface area contributed by atoms with Crippen LogP contribution in [0.15, 0.2) is 211 Å². The number of rotatable bonds is 5. The molecule has 0 amide bonds. The number of benzene rings is 9. The van der Waals surface area contributed by atoms with Crippen LogP contribution in [-0.2, 0) is 0 Å². The first-order valence-corrected chi connectivity index (χ1v) is 21.8. The maximum absolute atomic E-state index is 5.55. The summed E-state index contributed by atoms with van der Waals surface area (Å²) in [4.78, 5) is 5.55. The van der Waals surface area contributed by atoms with Gasteiger partial charge >= 0.3 is 0 Å². The molecule has 0 radical (unpaired) electrons. The van der Waals surface area contributed by atoms with E-state index in [0.29, 0.717) is 0 Å². The lowest BCUT2D eigenvalue weighted by atomic mass is 10.00. The maximum Gasteiger partial charge on any atom is 0.0845 e. The van der Waals surface area contributed by atoms with Crippen molar-refractivity contribution in [3.8, 4) is 22.5 Å². The number of aromatic nitrogens is 2. The molecule has 0 aliphatic carbocycles. The molecule has 0 fully saturated rings. The highest BCUT2D eigenvalue weighted by Gasteiger charge is 2.23. The highest BCUT2D eigenvalue weighted by Crippen LogP contribution is 2.44. The van der Waals surface area contributed by atoms with Crippen molar-refractivity contribution in [1.29, 1.82) is 0 Å². The van der Waals surface area contributed by atoms with Gasteiger partial charge in [0, 0.05) is 51.1 Å². The van der Waals surface area contributed by atoms with Crippen molar-refractivity contribution in [2.75, 3.05) is 0 Å². The summed E-state index contributed by atoms with van der Waals surface area (Å²) in [5, 5.41) is 7.50. The Balaban J connectivity index is 1.09. The van der Waals surface area contributed by atoms with Crippen LogP contribution in [0, 0.1) is 3.57 Å². The summed E-state index contributed by atoms with van der Waals surface area (Å²) in [6.07, 6.45) is 0. The van der Waals surface area contributed by atoms with Gasteiger partial charge in [-0.05, 0) is 82.6 Å². The van der Waals surface area contributed by atoms with Gasteiger partial charge in [0.05, 0.1) is 33.5 Å². The Morgan fingerprint density at radius 3 is 1.72 bits per heavy atom. The molecule has 58 heavy (non-hydrogen) atoms. The average Bonchev–Trinajstić information content (AvgIpc) is 3.78. The van der Waals surface area contributed by atoms with Crippen LogP contribution < -0.4 is 0 Å². The van der Waals surface area contributed by atoms with Gasteiger partial charge < -0.3 is 9.13 Å². The second-order valence-corrected chi connectivity index (χ2v) is 17.7. The Bertz CT molecular complexity index is 3480. The first-order chi connectivity index (χ1) is 28.8. The molecule has 12 rings (SSSR count). The fourth-order valence-corrected chi connectivity index (χ4v) is 11.9.